The fourth-order valence-corrected chi connectivity index (χ4v) is 0.635. The second-order valence-electron chi connectivity index (χ2n) is 2.15. The Labute approximate surface area is 76.2 Å². The number of rotatable bonds is 1. The summed E-state index contributed by atoms with van der Waals surface area (Å²) in [7, 11) is -1.51. The zero-order valence-electron chi connectivity index (χ0n) is 7.11. The zero-order chi connectivity index (χ0) is 10.3. The summed E-state index contributed by atoms with van der Waals surface area (Å²) in [4.78, 5) is 0. The van der Waals surface area contributed by atoms with Crippen LogP contribution in [0.1, 0.15) is 6.92 Å². The van der Waals surface area contributed by atoms with Crippen molar-refractivity contribution in [3.05, 3.63) is 30.1 Å². The van der Waals surface area contributed by atoms with Gasteiger partial charge in [-0.3, -0.25) is 0 Å². The number of halogens is 1. The van der Waals surface area contributed by atoms with Crippen LogP contribution in [0.3, 0.4) is 0 Å². The maximum atomic E-state index is 12.2. The van der Waals surface area contributed by atoms with Crippen LogP contribution in [-0.2, 0) is 0 Å². The molecule has 0 atom stereocenters. The molecule has 0 heterocycles. The molecular formula is C8H9BFNO2. The van der Waals surface area contributed by atoms with E-state index in [0.29, 0.717) is 5.46 Å². The third kappa shape index (κ3) is 4.96. The molecule has 68 valence electrons. The minimum atomic E-state index is -1.51. The predicted octanol–water partition coefficient (Wildman–Crippen LogP) is 0.0354. The fraction of sp³-hybridized carbons (Fsp3) is 0.125. The van der Waals surface area contributed by atoms with E-state index in [9.17, 15) is 4.39 Å². The molecule has 0 fully saturated rings. The van der Waals surface area contributed by atoms with Gasteiger partial charge in [0.25, 0.3) is 0 Å². The van der Waals surface area contributed by atoms with E-state index in [1.54, 1.807) is 6.07 Å². The van der Waals surface area contributed by atoms with Gasteiger partial charge in [-0.1, -0.05) is 12.1 Å². The summed E-state index contributed by atoms with van der Waals surface area (Å²) in [5.74, 6) is -0.385. The first-order chi connectivity index (χ1) is 6.11. The van der Waals surface area contributed by atoms with Crippen LogP contribution in [0.4, 0.5) is 4.39 Å². The first kappa shape index (κ1) is 11.6. The van der Waals surface area contributed by atoms with E-state index < -0.39 is 7.12 Å². The lowest BCUT2D eigenvalue weighted by Gasteiger charge is -1.95. The Balaban J connectivity index is 0.000000424. The molecule has 0 radical (unpaired) electrons. The van der Waals surface area contributed by atoms with Crippen LogP contribution < -0.4 is 5.46 Å². The standard InChI is InChI=1S/C6H6BFO2.C2H3N/c8-6-3-1-5(2-4-6)7(9)10;1-2-3/h1-4,9-10H;1H3. The van der Waals surface area contributed by atoms with Crippen molar-refractivity contribution >= 4 is 12.6 Å². The van der Waals surface area contributed by atoms with Gasteiger partial charge in [-0.15, -0.1) is 0 Å². The molecule has 0 amide bonds. The molecule has 0 saturated carbocycles. The minimum Gasteiger partial charge on any atom is -0.423 e. The van der Waals surface area contributed by atoms with Gasteiger partial charge in [0.2, 0.25) is 0 Å². The summed E-state index contributed by atoms with van der Waals surface area (Å²) >= 11 is 0. The average molecular weight is 181 g/mol. The lowest BCUT2D eigenvalue weighted by Crippen LogP contribution is -2.29. The van der Waals surface area contributed by atoms with E-state index in [1.165, 1.54) is 31.2 Å². The summed E-state index contributed by atoms with van der Waals surface area (Å²) in [6, 6.07) is 6.74. The van der Waals surface area contributed by atoms with Crippen LogP contribution in [0.25, 0.3) is 0 Å². The molecule has 0 aliphatic carbocycles. The molecular weight excluding hydrogens is 172 g/mol. The monoisotopic (exact) mass is 181 g/mol. The molecule has 5 heteroatoms. The highest BCUT2D eigenvalue weighted by Crippen LogP contribution is 1.92. The third-order valence-electron chi connectivity index (χ3n) is 1.17. The summed E-state index contributed by atoms with van der Waals surface area (Å²) in [6.07, 6.45) is 0. The van der Waals surface area contributed by atoms with E-state index in [-0.39, 0.29) is 5.82 Å². The molecule has 0 saturated heterocycles. The van der Waals surface area contributed by atoms with Gasteiger partial charge in [-0.2, -0.15) is 5.26 Å². The molecule has 1 aromatic rings. The highest BCUT2D eigenvalue weighted by molar-refractivity contribution is 6.58. The Bertz CT molecular complexity index is 281. The smallest absolute Gasteiger partial charge is 0.423 e. The largest absolute Gasteiger partial charge is 0.488 e. The third-order valence-corrected chi connectivity index (χ3v) is 1.17. The normalized spacial score (nSPS) is 7.92. The molecule has 0 unspecified atom stereocenters. The lowest BCUT2D eigenvalue weighted by atomic mass is 9.80. The summed E-state index contributed by atoms with van der Waals surface area (Å²) in [6.45, 7) is 1.43. The van der Waals surface area contributed by atoms with Crippen molar-refractivity contribution in [3.8, 4) is 6.07 Å². The Hall–Kier alpha value is -1.38. The Morgan fingerprint density at radius 2 is 1.69 bits per heavy atom. The van der Waals surface area contributed by atoms with Crippen molar-refractivity contribution < 1.29 is 14.4 Å². The van der Waals surface area contributed by atoms with Crippen molar-refractivity contribution in [2.24, 2.45) is 0 Å². The van der Waals surface area contributed by atoms with Crippen LogP contribution in [0.2, 0.25) is 0 Å². The predicted molar refractivity (Wildman–Crippen MR) is 47.5 cm³/mol. The van der Waals surface area contributed by atoms with Crippen molar-refractivity contribution in [1.82, 2.24) is 0 Å². The SMILES string of the molecule is CC#N.OB(O)c1ccc(F)cc1. The quantitative estimate of drug-likeness (QED) is 0.601. The Kier molecular flexibility index (Phi) is 5.52. The van der Waals surface area contributed by atoms with Crippen LogP contribution in [0.5, 0.6) is 0 Å². The second kappa shape index (κ2) is 6.18. The highest BCUT2D eigenvalue weighted by atomic mass is 19.1. The maximum Gasteiger partial charge on any atom is 0.488 e. The molecule has 0 aromatic heterocycles. The van der Waals surface area contributed by atoms with Crippen LogP contribution >= 0.6 is 0 Å². The van der Waals surface area contributed by atoms with Gasteiger partial charge in [-0.25, -0.2) is 4.39 Å². The number of benzene rings is 1. The number of hydrogen-bond donors (Lipinski definition) is 2. The highest BCUT2D eigenvalue weighted by Gasteiger charge is 2.08. The van der Waals surface area contributed by atoms with Gasteiger partial charge in [0, 0.05) is 6.92 Å². The van der Waals surface area contributed by atoms with Gasteiger partial charge < -0.3 is 10.0 Å². The van der Waals surface area contributed by atoms with Gasteiger partial charge >= 0.3 is 7.12 Å². The van der Waals surface area contributed by atoms with Gasteiger partial charge in [0.1, 0.15) is 5.82 Å². The van der Waals surface area contributed by atoms with Gasteiger partial charge in [0.05, 0.1) is 6.07 Å². The summed E-state index contributed by atoms with van der Waals surface area (Å²) in [5.41, 5.74) is 0.293. The van der Waals surface area contributed by atoms with E-state index >= 15 is 0 Å². The van der Waals surface area contributed by atoms with E-state index in [1.807, 2.05) is 0 Å². The summed E-state index contributed by atoms with van der Waals surface area (Å²) < 4.78 is 12.2. The molecule has 3 nitrogen and oxygen atoms in total. The lowest BCUT2D eigenvalue weighted by molar-refractivity contribution is 0.425. The molecule has 0 aliphatic heterocycles. The topological polar surface area (TPSA) is 64.2 Å². The Morgan fingerprint density at radius 3 is 2.00 bits per heavy atom. The first-order valence-corrected chi connectivity index (χ1v) is 3.54. The molecule has 0 aliphatic rings. The fourth-order valence-electron chi connectivity index (χ4n) is 0.635. The van der Waals surface area contributed by atoms with Crippen molar-refractivity contribution in [2.75, 3.05) is 0 Å². The number of hydrogen-bond acceptors (Lipinski definition) is 3. The molecule has 0 bridgehead atoms. The molecule has 1 rings (SSSR count). The van der Waals surface area contributed by atoms with Crippen molar-refractivity contribution in [3.63, 3.8) is 0 Å². The van der Waals surface area contributed by atoms with Gasteiger partial charge in [0.15, 0.2) is 0 Å². The van der Waals surface area contributed by atoms with E-state index in [4.69, 9.17) is 15.3 Å². The van der Waals surface area contributed by atoms with Crippen LogP contribution in [0, 0.1) is 17.1 Å². The minimum absolute atomic E-state index is 0.293. The van der Waals surface area contributed by atoms with Gasteiger partial charge in [-0.05, 0) is 17.6 Å². The summed E-state index contributed by atoms with van der Waals surface area (Å²) in [5, 5.41) is 24.4. The van der Waals surface area contributed by atoms with Crippen molar-refractivity contribution in [2.45, 2.75) is 6.92 Å². The van der Waals surface area contributed by atoms with Crippen molar-refractivity contribution in [1.29, 1.82) is 5.26 Å². The zero-order valence-corrected chi connectivity index (χ0v) is 7.11. The van der Waals surface area contributed by atoms with Crippen LogP contribution in [0.15, 0.2) is 24.3 Å². The number of nitrogens with zero attached hydrogens (tertiary/aromatic N) is 1. The molecule has 0 spiro atoms. The maximum absolute atomic E-state index is 12.2. The van der Waals surface area contributed by atoms with E-state index in [0.717, 1.165) is 0 Å². The first-order valence-electron chi connectivity index (χ1n) is 3.54. The molecule has 1 aromatic carbocycles. The number of nitriles is 1. The second-order valence-corrected chi connectivity index (χ2v) is 2.15. The molecule has 2 N–H and O–H groups in total. The Morgan fingerprint density at radius 1 is 1.31 bits per heavy atom. The molecule has 13 heavy (non-hydrogen) atoms. The van der Waals surface area contributed by atoms with Crippen LogP contribution in [-0.4, -0.2) is 17.2 Å². The van der Waals surface area contributed by atoms with E-state index in [2.05, 4.69) is 0 Å². The average Bonchev–Trinajstić information content (AvgIpc) is 2.06.